The van der Waals surface area contributed by atoms with Crippen LogP contribution in [0.4, 0.5) is 5.69 Å². The second kappa shape index (κ2) is 9.49. The summed E-state index contributed by atoms with van der Waals surface area (Å²) in [5.74, 6) is 1.06. The van der Waals surface area contributed by atoms with Crippen LogP contribution in [0.3, 0.4) is 0 Å². The molecule has 0 aliphatic heterocycles. The molecule has 3 heteroatoms. The summed E-state index contributed by atoms with van der Waals surface area (Å²) in [7, 11) is 0. The van der Waals surface area contributed by atoms with Gasteiger partial charge in [-0.3, -0.25) is 4.79 Å². The van der Waals surface area contributed by atoms with Gasteiger partial charge in [0, 0.05) is 24.2 Å². The van der Waals surface area contributed by atoms with Crippen LogP contribution in [0.5, 0.6) is 0 Å². The average Bonchev–Trinajstić information content (AvgIpc) is 3.59. The maximum Gasteiger partial charge on any atom is 0.230 e. The Kier molecular flexibility index (Phi) is 6.53. The second-order valence-electron chi connectivity index (χ2n) is 9.11. The fraction of sp³-hybridized carbons (Fsp3) is 0.321. The third kappa shape index (κ3) is 5.23. The van der Waals surface area contributed by atoms with E-state index in [0.29, 0.717) is 18.4 Å². The summed E-state index contributed by atoms with van der Waals surface area (Å²) < 4.78 is 0. The lowest BCUT2D eigenvalue weighted by Crippen LogP contribution is -2.42. The summed E-state index contributed by atoms with van der Waals surface area (Å²) in [6.07, 6.45) is 1.82. The van der Waals surface area contributed by atoms with Gasteiger partial charge < -0.3 is 10.6 Å². The number of nitrogens with zero attached hydrogens (tertiary/aromatic N) is 1. The Morgan fingerprint density at radius 1 is 0.903 bits per heavy atom. The second-order valence-corrected chi connectivity index (χ2v) is 9.11. The third-order valence-electron chi connectivity index (χ3n) is 6.08. The van der Waals surface area contributed by atoms with Gasteiger partial charge in [0.15, 0.2) is 0 Å². The first-order chi connectivity index (χ1) is 15.0. The topological polar surface area (TPSA) is 46.3 Å². The van der Waals surface area contributed by atoms with Gasteiger partial charge in [-0.1, -0.05) is 86.6 Å². The minimum Gasteiger partial charge on any atom is -0.326 e. The van der Waals surface area contributed by atoms with Crippen molar-refractivity contribution in [3.05, 3.63) is 90.5 Å². The fourth-order valence-corrected chi connectivity index (χ4v) is 4.44. The van der Waals surface area contributed by atoms with E-state index in [2.05, 4.69) is 62.4 Å². The normalized spacial score (nSPS) is 18.6. The summed E-state index contributed by atoms with van der Waals surface area (Å²) in [6.45, 7) is 4.90. The molecular weight excluding hydrogens is 380 g/mol. The van der Waals surface area contributed by atoms with Gasteiger partial charge in [0.05, 0.1) is 0 Å². The minimum absolute atomic E-state index is 0.0355. The number of hydrogen-bond donors (Lipinski definition) is 1. The molecule has 1 fully saturated rings. The smallest absolute Gasteiger partial charge is 0.230 e. The van der Waals surface area contributed by atoms with E-state index in [9.17, 15) is 4.79 Å². The van der Waals surface area contributed by atoms with E-state index in [1.807, 2.05) is 41.3 Å². The van der Waals surface area contributed by atoms with Crippen molar-refractivity contribution >= 4 is 11.6 Å². The predicted octanol–water partition coefficient (Wildman–Crippen LogP) is 5.86. The van der Waals surface area contributed by atoms with Crippen molar-refractivity contribution in [3.63, 3.8) is 0 Å². The first kappa shape index (κ1) is 21.3. The van der Waals surface area contributed by atoms with Crippen LogP contribution < -0.4 is 10.6 Å². The molecule has 4 rings (SSSR count). The SMILES string of the molecule is CC(C)C[C@@H](N)CN(C(=O)[C@@H]1C[C@H]1c1ccccc1)c1ccc(-c2ccccc2)cc1. The Bertz CT molecular complexity index is 983. The quantitative estimate of drug-likeness (QED) is 0.503. The van der Waals surface area contributed by atoms with Crippen LogP contribution in [0.2, 0.25) is 0 Å². The molecule has 3 nitrogen and oxygen atoms in total. The summed E-state index contributed by atoms with van der Waals surface area (Å²) in [5.41, 5.74) is 11.0. The van der Waals surface area contributed by atoms with Crippen molar-refractivity contribution in [1.82, 2.24) is 0 Å². The predicted molar refractivity (Wildman–Crippen MR) is 129 cm³/mol. The Hall–Kier alpha value is -2.91. The zero-order valence-corrected chi connectivity index (χ0v) is 18.4. The van der Waals surface area contributed by atoms with E-state index in [0.717, 1.165) is 24.1 Å². The van der Waals surface area contributed by atoms with Gasteiger partial charge in [-0.2, -0.15) is 0 Å². The van der Waals surface area contributed by atoms with Gasteiger partial charge in [-0.05, 0) is 53.5 Å². The highest BCUT2D eigenvalue weighted by atomic mass is 16.2. The van der Waals surface area contributed by atoms with Crippen LogP contribution >= 0.6 is 0 Å². The molecule has 1 amide bonds. The van der Waals surface area contributed by atoms with E-state index >= 15 is 0 Å². The maximum absolute atomic E-state index is 13.5. The molecule has 0 heterocycles. The van der Waals surface area contributed by atoms with Gasteiger partial charge in [-0.15, -0.1) is 0 Å². The third-order valence-corrected chi connectivity index (χ3v) is 6.08. The molecule has 1 aliphatic carbocycles. The van der Waals surface area contributed by atoms with Gasteiger partial charge in [-0.25, -0.2) is 0 Å². The summed E-state index contributed by atoms with van der Waals surface area (Å²) >= 11 is 0. The molecule has 0 aromatic heterocycles. The Morgan fingerprint density at radius 3 is 2.10 bits per heavy atom. The number of carbonyl (C=O) groups is 1. The Labute approximate surface area is 185 Å². The maximum atomic E-state index is 13.5. The van der Waals surface area contributed by atoms with Crippen molar-refractivity contribution in [2.75, 3.05) is 11.4 Å². The van der Waals surface area contributed by atoms with E-state index in [1.165, 1.54) is 11.1 Å². The summed E-state index contributed by atoms with van der Waals surface area (Å²) in [4.78, 5) is 15.5. The van der Waals surface area contributed by atoms with Gasteiger partial charge >= 0.3 is 0 Å². The fourth-order valence-electron chi connectivity index (χ4n) is 4.44. The lowest BCUT2D eigenvalue weighted by molar-refractivity contribution is -0.120. The number of amides is 1. The summed E-state index contributed by atoms with van der Waals surface area (Å²) in [5, 5.41) is 0. The monoisotopic (exact) mass is 412 g/mol. The molecule has 3 aromatic carbocycles. The zero-order chi connectivity index (χ0) is 21.8. The van der Waals surface area contributed by atoms with Crippen LogP contribution in [0.1, 0.15) is 38.2 Å². The highest BCUT2D eigenvalue weighted by molar-refractivity contribution is 5.97. The van der Waals surface area contributed by atoms with Crippen LogP contribution in [-0.2, 0) is 4.79 Å². The molecule has 0 bridgehead atoms. The number of anilines is 1. The Balaban J connectivity index is 1.55. The number of carbonyl (C=O) groups excluding carboxylic acids is 1. The first-order valence-electron chi connectivity index (χ1n) is 11.3. The summed E-state index contributed by atoms with van der Waals surface area (Å²) in [6, 6.07) is 29.0. The molecule has 0 saturated heterocycles. The van der Waals surface area contributed by atoms with Crippen molar-refractivity contribution in [1.29, 1.82) is 0 Å². The highest BCUT2D eigenvalue weighted by Gasteiger charge is 2.46. The number of nitrogens with two attached hydrogens (primary N) is 1. The molecule has 31 heavy (non-hydrogen) atoms. The molecule has 1 saturated carbocycles. The first-order valence-corrected chi connectivity index (χ1v) is 11.3. The van der Waals surface area contributed by atoms with E-state index in [-0.39, 0.29) is 17.9 Å². The number of hydrogen-bond acceptors (Lipinski definition) is 2. The van der Waals surface area contributed by atoms with E-state index < -0.39 is 0 Å². The van der Waals surface area contributed by atoms with Crippen LogP contribution in [0.15, 0.2) is 84.9 Å². The van der Waals surface area contributed by atoms with E-state index in [4.69, 9.17) is 5.73 Å². The molecule has 0 unspecified atom stereocenters. The minimum atomic E-state index is -0.0355. The van der Waals surface area contributed by atoms with Crippen LogP contribution in [0, 0.1) is 11.8 Å². The van der Waals surface area contributed by atoms with Crippen molar-refractivity contribution < 1.29 is 4.79 Å². The zero-order valence-electron chi connectivity index (χ0n) is 18.4. The van der Waals surface area contributed by atoms with Crippen molar-refractivity contribution in [3.8, 4) is 11.1 Å². The van der Waals surface area contributed by atoms with Crippen molar-refractivity contribution in [2.45, 2.75) is 38.6 Å². The van der Waals surface area contributed by atoms with Crippen LogP contribution in [-0.4, -0.2) is 18.5 Å². The van der Waals surface area contributed by atoms with Crippen molar-refractivity contribution in [2.24, 2.45) is 17.6 Å². The molecule has 1 aliphatic rings. The number of rotatable bonds is 8. The lowest BCUT2D eigenvalue weighted by Gasteiger charge is -2.27. The molecule has 160 valence electrons. The van der Waals surface area contributed by atoms with Gasteiger partial charge in [0.25, 0.3) is 0 Å². The molecule has 3 aromatic rings. The van der Waals surface area contributed by atoms with E-state index in [1.54, 1.807) is 0 Å². The average molecular weight is 413 g/mol. The molecule has 2 N–H and O–H groups in total. The standard InChI is InChI=1S/C28H32N2O/c1-20(2)17-24(29)19-30(28(31)27-18-26(27)23-11-7-4-8-12-23)25-15-13-22(14-16-25)21-9-5-3-6-10-21/h3-16,20,24,26-27H,17-19,29H2,1-2H3/t24-,26+,27-/m1/s1. The van der Waals surface area contributed by atoms with Gasteiger partial charge in [0.2, 0.25) is 5.91 Å². The molecule has 0 spiro atoms. The van der Waals surface area contributed by atoms with Crippen LogP contribution in [0.25, 0.3) is 11.1 Å². The lowest BCUT2D eigenvalue weighted by atomic mass is 10.0. The largest absolute Gasteiger partial charge is 0.326 e. The molecule has 0 radical (unpaired) electrons. The number of benzene rings is 3. The molecule has 3 atom stereocenters. The molecular formula is C28H32N2O. The highest BCUT2D eigenvalue weighted by Crippen LogP contribution is 2.48. The Morgan fingerprint density at radius 2 is 1.48 bits per heavy atom. The van der Waals surface area contributed by atoms with Gasteiger partial charge in [0.1, 0.15) is 0 Å².